The summed E-state index contributed by atoms with van der Waals surface area (Å²) in [6.45, 7) is 4.31. The highest BCUT2D eigenvalue weighted by Crippen LogP contribution is 2.54. The number of rotatable bonds is 1. The van der Waals surface area contributed by atoms with Crippen LogP contribution in [0.2, 0.25) is 0 Å². The zero-order valence-corrected chi connectivity index (χ0v) is 7.66. The van der Waals surface area contributed by atoms with Crippen molar-refractivity contribution in [2.75, 3.05) is 0 Å². The summed E-state index contributed by atoms with van der Waals surface area (Å²) < 4.78 is 0. The molecule has 0 spiro atoms. The number of hydrogen-bond donors (Lipinski definition) is 1. The monoisotopic (exact) mass is 168 g/mol. The molecule has 68 valence electrons. The second-order valence-electron chi connectivity index (χ2n) is 4.60. The molecule has 2 rings (SSSR count). The molecule has 2 fully saturated rings. The van der Waals surface area contributed by atoms with Gasteiger partial charge in [0.2, 0.25) is 0 Å². The molecule has 0 aromatic heterocycles. The van der Waals surface area contributed by atoms with Gasteiger partial charge in [-0.1, -0.05) is 13.8 Å². The smallest absolute Gasteiger partial charge is 0.307 e. The summed E-state index contributed by atoms with van der Waals surface area (Å²) >= 11 is 0. The highest BCUT2D eigenvalue weighted by molar-refractivity contribution is 5.71. The Bertz CT molecular complexity index is 212. The van der Waals surface area contributed by atoms with Gasteiger partial charge in [0.25, 0.3) is 0 Å². The number of fused-ring (bicyclic) bond motifs is 2. The molecule has 2 aliphatic rings. The van der Waals surface area contributed by atoms with Crippen LogP contribution in [0.15, 0.2) is 0 Å². The molecule has 0 amide bonds. The van der Waals surface area contributed by atoms with Crippen LogP contribution < -0.4 is 0 Å². The Labute approximate surface area is 73.0 Å². The molecule has 0 saturated heterocycles. The van der Waals surface area contributed by atoms with E-state index in [2.05, 4.69) is 13.8 Å². The molecule has 12 heavy (non-hydrogen) atoms. The Morgan fingerprint density at radius 3 is 2.42 bits per heavy atom. The van der Waals surface area contributed by atoms with Crippen LogP contribution in [0.5, 0.6) is 0 Å². The van der Waals surface area contributed by atoms with Gasteiger partial charge in [0, 0.05) is 0 Å². The molecule has 0 aromatic rings. The Hall–Kier alpha value is -0.530. The van der Waals surface area contributed by atoms with E-state index in [0.29, 0.717) is 23.7 Å². The first-order valence-electron chi connectivity index (χ1n) is 4.84. The van der Waals surface area contributed by atoms with E-state index in [1.807, 2.05) is 0 Å². The van der Waals surface area contributed by atoms with Gasteiger partial charge in [-0.3, -0.25) is 4.79 Å². The molecule has 5 atom stereocenters. The minimum absolute atomic E-state index is 0.0428. The minimum Gasteiger partial charge on any atom is -0.481 e. The molecule has 0 aliphatic heterocycles. The molecular weight excluding hydrogens is 152 g/mol. The van der Waals surface area contributed by atoms with E-state index in [0.717, 1.165) is 0 Å². The van der Waals surface area contributed by atoms with Gasteiger partial charge in [-0.15, -0.1) is 0 Å². The SMILES string of the molecule is C[C@@H]1C2CC([C@@H](C)C2)[C@@H]1C(=O)O. The predicted octanol–water partition coefficient (Wildman–Crippen LogP) is 2.00. The Morgan fingerprint density at radius 2 is 2.00 bits per heavy atom. The van der Waals surface area contributed by atoms with Crippen molar-refractivity contribution in [2.45, 2.75) is 26.7 Å². The maximum Gasteiger partial charge on any atom is 0.307 e. The molecule has 0 radical (unpaired) electrons. The maximum absolute atomic E-state index is 10.9. The average Bonchev–Trinajstić information content (AvgIpc) is 2.44. The average molecular weight is 168 g/mol. The van der Waals surface area contributed by atoms with E-state index in [1.54, 1.807) is 0 Å². The summed E-state index contributed by atoms with van der Waals surface area (Å²) in [6, 6.07) is 0. The van der Waals surface area contributed by atoms with E-state index in [9.17, 15) is 4.79 Å². The highest BCUT2D eigenvalue weighted by Gasteiger charge is 2.51. The van der Waals surface area contributed by atoms with Crippen molar-refractivity contribution in [3.63, 3.8) is 0 Å². The molecule has 2 bridgehead atoms. The third-order valence-electron chi connectivity index (χ3n) is 4.04. The van der Waals surface area contributed by atoms with Gasteiger partial charge in [-0.25, -0.2) is 0 Å². The van der Waals surface area contributed by atoms with Gasteiger partial charge >= 0.3 is 5.97 Å². The third kappa shape index (κ3) is 0.900. The number of aliphatic carboxylic acids is 1. The van der Waals surface area contributed by atoms with Crippen LogP contribution in [0.4, 0.5) is 0 Å². The molecule has 0 aromatic carbocycles. The quantitative estimate of drug-likeness (QED) is 0.650. The lowest BCUT2D eigenvalue weighted by atomic mass is 9.75. The molecule has 2 unspecified atom stereocenters. The molecular formula is C10H16O2. The van der Waals surface area contributed by atoms with Gasteiger partial charge in [0.15, 0.2) is 0 Å². The van der Waals surface area contributed by atoms with Crippen LogP contribution in [-0.2, 0) is 4.79 Å². The van der Waals surface area contributed by atoms with Crippen LogP contribution in [0.25, 0.3) is 0 Å². The summed E-state index contributed by atoms with van der Waals surface area (Å²) in [7, 11) is 0. The van der Waals surface area contributed by atoms with E-state index < -0.39 is 5.97 Å². The topological polar surface area (TPSA) is 37.3 Å². The fourth-order valence-electron chi connectivity index (χ4n) is 3.35. The predicted molar refractivity (Wildman–Crippen MR) is 45.7 cm³/mol. The number of carboxylic acid groups (broad SMARTS) is 1. The van der Waals surface area contributed by atoms with Crippen LogP contribution in [0, 0.1) is 29.6 Å². The summed E-state index contributed by atoms with van der Waals surface area (Å²) in [6.07, 6.45) is 2.43. The molecule has 0 heterocycles. The first kappa shape index (κ1) is 8.09. The van der Waals surface area contributed by atoms with Gasteiger partial charge in [0.1, 0.15) is 0 Å². The third-order valence-corrected chi connectivity index (χ3v) is 4.04. The fraction of sp³-hybridized carbons (Fsp3) is 0.900. The molecule has 2 saturated carbocycles. The standard InChI is InChI=1S/C10H16O2/c1-5-3-7-4-8(5)9(6(7)2)10(11)12/h5-9H,3-4H2,1-2H3,(H,11,12)/t5-,6+,7?,8?,9+/m0/s1. The summed E-state index contributed by atoms with van der Waals surface area (Å²) in [5.41, 5.74) is 0. The van der Waals surface area contributed by atoms with E-state index in [4.69, 9.17) is 5.11 Å². The van der Waals surface area contributed by atoms with Crippen molar-refractivity contribution in [3.05, 3.63) is 0 Å². The zero-order chi connectivity index (χ0) is 8.88. The van der Waals surface area contributed by atoms with E-state index in [-0.39, 0.29) is 5.92 Å². The molecule has 2 nitrogen and oxygen atoms in total. The van der Waals surface area contributed by atoms with Gasteiger partial charge in [-0.2, -0.15) is 0 Å². The lowest BCUT2D eigenvalue weighted by Gasteiger charge is -2.29. The zero-order valence-electron chi connectivity index (χ0n) is 7.66. The van der Waals surface area contributed by atoms with Crippen LogP contribution in [0.1, 0.15) is 26.7 Å². The lowest BCUT2D eigenvalue weighted by Crippen LogP contribution is -2.31. The molecule has 2 aliphatic carbocycles. The summed E-state index contributed by atoms with van der Waals surface area (Å²) in [5.74, 6) is 1.63. The molecule has 2 heteroatoms. The van der Waals surface area contributed by atoms with Crippen molar-refractivity contribution >= 4 is 5.97 Å². The summed E-state index contributed by atoms with van der Waals surface area (Å²) in [4.78, 5) is 10.9. The van der Waals surface area contributed by atoms with Gasteiger partial charge in [0.05, 0.1) is 5.92 Å². The second-order valence-corrected chi connectivity index (χ2v) is 4.60. The van der Waals surface area contributed by atoms with E-state index in [1.165, 1.54) is 12.8 Å². The Kier molecular flexibility index (Phi) is 1.67. The second kappa shape index (κ2) is 2.48. The lowest BCUT2D eigenvalue weighted by molar-refractivity contribution is -0.146. The van der Waals surface area contributed by atoms with Crippen LogP contribution in [-0.4, -0.2) is 11.1 Å². The van der Waals surface area contributed by atoms with Gasteiger partial charge in [-0.05, 0) is 36.5 Å². The normalized spacial score (nSPS) is 51.3. The van der Waals surface area contributed by atoms with Crippen molar-refractivity contribution in [1.29, 1.82) is 0 Å². The summed E-state index contributed by atoms with van der Waals surface area (Å²) in [5, 5.41) is 9.02. The largest absolute Gasteiger partial charge is 0.481 e. The van der Waals surface area contributed by atoms with Gasteiger partial charge < -0.3 is 5.11 Å². The highest BCUT2D eigenvalue weighted by atomic mass is 16.4. The van der Waals surface area contributed by atoms with Crippen molar-refractivity contribution in [1.82, 2.24) is 0 Å². The first-order valence-corrected chi connectivity index (χ1v) is 4.84. The van der Waals surface area contributed by atoms with Crippen molar-refractivity contribution in [3.8, 4) is 0 Å². The number of hydrogen-bond acceptors (Lipinski definition) is 1. The van der Waals surface area contributed by atoms with Crippen molar-refractivity contribution in [2.24, 2.45) is 29.6 Å². The van der Waals surface area contributed by atoms with Crippen LogP contribution >= 0.6 is 0 Å². The maximum atomic E-state index is 10.9. The van der Waals surface area contributed by atoms with E-state index >= 15 is 0 Å². The Morgan fingerprint density at radius 1 is 1.33 bits per heavy atom. The minimum atomic E-state index is -0.568. The number of carboxylic acids is 1. The first-order chi connectivity index (χ1) is 5.61. The number of carbonyl (C=O) groups is 1. The van der Waals surface area contributed by atoms with Crippen LogP contribution in [0.3, 0.4) is 0 Å². The fourth-order valence-corrected chi connectivity index (χ4v) is 3.35. The van der Waals surface area contributed by atoms with Crippen molar-refractivity contribution < 1.29 is 9.90 Å². The molecule has 1 N–H and O–H groups in total. The Balaban J connectivity index is 2.20.